The van der Waals surface area contributed by atoms with E-state index in [2.05, 4.69) is 317 Å². The Morgan fingerprint density at radius 1 is 0.231 bits per heavy atom. The number of hydrogen-bond donors (Lipinski definition) is 0. The summed E-state index contributed by atoms with van der Waals surface area (Å²) in [5, 5.41) is 15.0. The summed E-state index contributed by atoms with van der Waals surface area (Å²) in [6.07, 6.45) is 6.22. The van der Waals surface area contributed by atoms with Crippen LogP contribution in [0.15, 0.2) is 255 Å². The molecule has 0 N–H and O–H groups in total. The average Bonchev–Trinajstić information content (AvgIpc) is 0.780. The van der Waals surface area contributed by atoms with Gasteiger partial charge in [0.15, 0.2) is 18.6 Å². The molecule has 0 saturated heterocycles. The predicted molar refractivity (Wildman–Crippen MR) is 470 cm³/mol. The number of fused-ring (bicyclic) bond motifs is 8. The normalized spacial score (nSPS) is 9.22. The van der Waals surface area contributed by atoms with Crippen molar-refractivity contribution in [3.63, 3.8) is 0 Å². The van der Waals surface area contributed by atoms with Gasteiger partial charge >= 0.3 is 0 Å². The van der Waals surface area contributed by atoms with Crippen molar-refractivity contribution in [2.75, 3.05) is 0 Å². The van der Waals surface area contributed by atoms with Crippen LogP contribution in [0.25, 0.3) is 132 Å². The van der Waals surface area contributed by atoms with Crippen LogP contribution in [0.1, 0.15) is 164 Å². The van der Waals surface area contributed by atoms with Crippen molar-refractivity contribution >= 4 is 64.6 Å². The molecule has 0 aliphatic heterocycles. The van der Waals surface area contributed by atoms with Crippen LogP contribution < -0.4 is 13.7 Å². The van der Waals surface area contributed by atoms with Gasteiger partial charge in [0.2, 0.25) is 0 Å². The molecule has 0 amide bonds. The second kappa shape index (κ2) is 57.1. The molecule has 3 aromatic heterocycles. The van der Waals surface area contributed by atoms with Gasteiger partial charge in [0, 0.05) is 116 Å². The fourth-order valence-corrected chi connectivity index (χ4v) is 11.7. The van der Waals surface area contributed by atoms with Crippen LogP contribution in [-0.4, -0.2) is 0 Å². The molecule has 6 heteroatoms. The minimum atomic E-state index is 0. The van der Waals surface area contributed by atoms with E-state index in [1.165, 1.54) is 81.3 Å². The summed E-state index contributed by atoms with van der Waals surface area (Å²) >= 11 is 0. The van der Waals surface area contributed by atoms with Crippen molar-refractivity contribution in [3.8, 4) is 67.2 Å². The first-order valence-corrected chi connectivity index (χ1v) is 37.6. The van der Waals surface area contributed by atoms with Crippen LogP contribution >= 0.6 is 0 Å². The zero-order valence-corrected chi connectivity index (χ0v) is 76.3. The van der Waals surface area contributed by atoms with E-state index in [4.69, 9.17) is 0 Å². The minimum absolute atomic E-state index is 0. The molecule has 0 aliphatic rings. The second-order valence-corrected chi connectivity index (χ2v) is 21.8. The quantitative estimate of drug-likeness (QED) is 0.0681. The molecule has 3 radical (unpaired) electrons. The first-order valence-electron chi connectivity index (χ1n) is 37.6. The summed E-state index contributed by atoms with van der Waals surface area (Å²) in [5.74, 6) is 0. The number of benzene rings is 12. The van der Waals surface area contributed by atoms with E-state index in [0.29, 0.717) is 0 Å². The Balaban J connectivity index is -0.00000135. The molecule has 12 aromatic carbocycles. The molecule has 15 rings (SSSR count). The summed E-state index contributed by atoms with van der Waals surface area (Å²) in [6.45, 7) is 42.4. The van der Waals surface area contributed by atoms with Gasteiger partial charge in [-0.05, 0) is 50.5 Å². The van der Waals surface area contributed by atoms with E-state index in [9.17, 15) is 0 Å². The number of aryl methyl sites for hydroxylation is 6. The van der Waals surface area contributed by atoms with Gasteiger partial charge in [-0.25, -0.2) is 30.4 Å². The summed E-state index contributed by atoms with van der Waals surface area (Å²) in [5.41, 5.74) is 17.0. The first kappa shape index (κ1) is 105. The van der Waals surface area contributed by atoms with Crippen molar-refractivity contribution in [1.82, 2.24) is 0 Å². The number of aromatic nitrogens is 3. The zero-order valence-electron chi connectivity index (χ0n) is 67.8. The molecule has 0 aliphatic carbocycles. The van der Waals surface area contributed by atoms with Crippen LogP contribution in [0, 0.1) is 57.2 Å². The molecule has 0 atom stereocenters. The fraction of sp³-hybridized carbons (Fsp3) is 0.265. The van der Waals surface area contributed by atoms with E-state index in [-0.39, 0.29) is 120 Å². The van der Waals surface area contributed by atoms with Crippen LogP contribution in [0.2, 0.25) is 0 Å². The van der Waals surface area contributed by atoms with Crippen molar-refractivity contribution in [3.05, 3.63) is 308 Å². The van der Waals surface area contributed by atoms with Crippen LogP contribution in [0.5, 0.6) is 0 Å². The van der Waals surface area contributed by atoms with E-state index in [1.54, 1.807) is 0 Å². The first-order chi connectivity index (χ1) is 50.1. The third-order valence-electron chi connectivity index (χ3n) is 16.3. The maximum Gasteiger partial charge on any atom is 0.161 e. The molecule has 0 unspecified atom stereocenters. The Kier molecular flexibility index (Phi) is 55.6. The molecule has 3 nitrogen and oxygen atoms in total. The van der Waals surface area contributed by atoms with Gasteiger partial charge in [-0.2, -0.15) is 89.5 Å². The predicted octanol–water partition coefficient (Wildman–Crippen LogP) is 29.3. The standard InChI is InChI=1S/3C27H20N.9C2H6.3CH4.3Y/c1-19-13-14-21(18-26(19)27-12-5-6-17-28(27)2)23-10-7-11-24-22-9-4-3-8-20(22)15-16-25(23)24;1-19-13-14-23(18-25(19)27-12-5-6-15-28(27)2)24-11-7-10-22-16-20-8-3-4-9-21(20)17-26(22)24;1-19-10-11-22(17-25(19)27-9-5-6-16-28(27)2)23-15-14-21-13-12-20-7-3-4-8-24(20)26(21)18-23;9*1-2;;;;;;/h3-9,11-17H,1-2H3;3-10,12-17H,1-2H3;3-14,16,18H,1-2H3;9*1-2H3;3*1H4;;;/q3*-1;;;;;;;;;;;;;;;. The third kappa shape index (κ3) is 26.6. The summed E-state index contributed by atoms with van der Waals surface area (Å²) in [7, 11) is 6.22. The molecule has 3 heterocycles. The van der Waals surface area contributed by atoms with Crippen molar-refractivity contribution in [2.24, 2.45) is 21.1 Å². The second-order valence-electron chi connectivity index (χ2n) is 21.8. The zero-order chi connectivity index (χ0) is 75.3. The van der Waals surface area contributed by atoms with Gasteiger partial charge in [0.25, 0.3) is 0 Å². The van der Waals surface area contributed by atoms with Crippen LogP contribution in [-0.2, 0) is 119 Å². The Morgan fingerprint density at radius 2 is 0.574 bits per heavy atom. The Labute approximate surface area is 732 Å². The van der Waals surface area contributed by atoms with Gasteiger partial charge in [-0.15, -0.1) is 91.5 Å². The van der Waals surface area contributed by atoms with Crippen molar-refractivity contribution in [2.45, 2.75) is 168 Å². The molecule has 561 valence electrons. The number of nitrogens with zero attached hydrogens (tertiary/aromatic N) is 3. The van der Waals surface area contributed by atoms with E-state index in [1.807, 2.05) is 155 Å². The van der Waals surface area contributed by atoms with E-state index in [0.717, 1.165) is 67.2 Å². The van der Waals surface area contributed by atoms with Gasteiger partial charge in [0.1, 0.15) is 38.2 Å². The molecule has 0 bridgehead atoms. The molecule has 108 heavy (non-hydrogen) atoms. The number of rotatable bonds is 6. The Bertz CT molecular complexity index is 4860. The average molecular weight is 1660 g/mol. The molecule has 15 aromatic rings. The van der Waals surface area contributed by atoms with Gasteiger partial charge in [-0.1, -0.05) is 306 Å². The number of pyridine rings is 3. The Hall–Kier alpha value is -7.04. The molecule has 0 saturated carbocycles. The number of hydrogen-bond acceptors (Lipinski definition) is 0. The summed E-state index contributed by atoms with van der Waals surface area (Å²) < 4.78 is 6.42. The SMILES string of the molecule is C.C.C.CC.CC.CC.CC.CC.CC.CC.CC.CC.Cc1ccc(-c2[c-]cc3ccc4ccccc4c3c2)[c-]c1-c1cccc[n+]1C.Cc1ccc(-c2[c-]ccc3c2ccc2ccccc23)[c-]c1-c1cccc[n+]1C.Cc1ccc(-c2[c-]ccc3cc4ccccc4cc23)[c-]c1-c1cccc[n+]1C.[Y].[Y].[Y]. The fourth-order valence-electron chi connectivity index (χ4n) is 11.7. The van der Waals surface area contributed by atoms with Gasteiger partial charge in [-0.3, -0.25) is 0 Å². The minimum Gasteiger partial charge on any atom is -0.234 e. The largest absolute Gasteiger partial charge is 0.234 e. The maximum absolute atomic E-state index is 3.67. The molecular formula is C102H126N3Y3-3. The monoisotopic (exact) mass is 1660 g/mol. The van der Waals surface area contributed by atoms with Crippen LogP contribution in [0.4, 0.5) is 0 Å². The van der Waals surface area contributed by atoms with Crippen molar-refractivity contribution < 1.29 is 112 Å². The maximum atomic E-state index is 3.67. The van der Waals surface area contributed by atoms with Gasteiger partial charge in [0.05, 0.1) is 0 Å². The smallest absolute Gasteiger partial charge is 0.161 e. The summed E-state index contributed by atoms with van der Waals surface area (Å²) in [4.78, 5) is 0. The van der Waals surface area contributed by atoms with Gasteiger partial charge < -0.3 is 0 Å². The Morgan fingerprint density at radius 3 is 1.01 bits per heavy atom. The third-order valence-corrected chi connectivity index (χ3v) is 16.3. The topological polar surface area (TPSA) is 11.6 Å². The van der Waals surface area contributed by atoms with Crippen LogP contribution in [0.3, 0.4) is 0 Å². The molecule has 0 spiro atoms. The molecule has 0 fully saturated rings. The molecular weight excluding hydrogens is 1530 g/mol. The van der Waals surface area contributed by atoms with E-state index < -0.39 is 0 Å². The van der Waals surface area contributed by atoms with Crippen molar-refractivity contribution in [1.29, 1.82) is 0 Å². The van der Waals surface area contributed by atoms with E-state index >= 15 is 0 Å². The summed E-state index contributed by atoms with van der Waals surface area (Å²) in [6, 6.07) is 105.